The molecule has 0 fully saturated rings. The number of likely N-dealkylation sites (N-methyl/N-ethyl adjacent to an activating group) is 1. The minimum Gasteiger partial charge on any atom is -0.365 e. The van der Waals surface area contributed by atoms with Gasteiger partial charge in [0.25, 0.3) is 0 Å². The van der Waals surface area contributed by atoms with Crippen LogP contribution in [0.15, 0.2) is 36.4 Å². The molecule has 0 amide bonds. The number of aryl methyl sites for hydroxylation is 1. The second-order valence-electron chi connectivity index (χ2n) is 5.02. The molecule has 3 nitrogen and oxygen atoms in total. The average Bonchev–Trinajstić information content (AvgIpc) is 2.85. The Morgan fingerprint density at radius 2 is 1.85 bits per heavy atom. The molecule has 0 aliphatic carbocycles. The number of nitrogens with zero attached hydrogens (tertiary/aromatic N) is 2. The Balaban J connectivity index is 2.31. The van der Waals surface area contributed by atoms with E-state index in [4.69, 9.17) is 11.0 Å². The van der Waals surface area contributed by atoms with Gasteiger partial charge in [-0.1, -0.05) is 0 Å². The molecule has 2 rings (SSSR count). The molecule has 0 aliphatic heterocycles. The standard InChI is InChI=1S/C16H19N3S/c1-11-4-9-15(20-11)16(12(2)18)19(3)14-7-5-13(10-17)6-8-14/h4-9,12,16H,18H2,1-3H3. The largest absolute Gasteiger partial charge is 0.365 e. The van der Waals surface area contributed by atoms with E-state index in [9.17, 15) is 0 Å². The fourth-order valence-electron chi connectivity index (χ4n) is 2.35. The van der Waals surface area contributed by atoms with E-state index in [0.29, 0.717) is 5.56 Å². The Labute approximate surface area is 124 Å². The van der Waals surface area contributed by atoms with Crippen molar-refractivity contribution in [2.75, 3.05) is 11.9 Å². The molecule has 0 spiro atoms. The summed E-state index contributed by atoms with van der Waals surface area (Å²) in [6, 6.07) is 14.2. The second kappa shape index (κ2) is 6.08. The number of benzene rings is 1. The molecule has 2 aromatic rings. The molecule has 0 saturated carbocycles. The maximum absolute atomic E-state index is 8.86. The fourth-order valence-corrected chi connectivity index (χ4v) is 3.48. The van der Waals surface area contributed by atoms with Crippen LogP contribution in [0.25, 0.3) is 0 Å². The molecule has 20 heavy (non-hydrogen) atoms. The van der Waals surface area contributed by atoms with Gasteiger partial charge in [0.15, 0.2) is 0 Å². The topological polar surface area (TPSA) is 53.0 Å². The molecule has 104 valence electrons. The van der Waals surface area contributed by atoms with Crippen molar-refractivity contribution in [2.45, 2.75) is 25.9 Å². The summed E-state index contributed by atoms with van der Waals surface area (Å²) in [4.78, 5) is 4.74. The first-order chi connectivity index (χ1) is 9.52. The van der Waals surface area contributed by atoms with E-state index < -0.39 is 0 Å². The number of nitrogens with two attached hydrogens (primary N) is 1. The van der Waals surface area contributed by atoms with Gasteiger partial charge in [0.2, 0.25) is 0 Å². The Kier molecular flexibility index (Phi) is 4.43. The molecule has 2 N–H and O–H groups in total. The lowest BCUT2D eigenvalue weighted by Gasteiger charge is -2.32. The third-order valence-corrected chi connectivity index (χ3v) is 4.44. The normalized spacial score (nSPS) is 13.6. The molecule has 1 heterocycles. The van der Waals surface area contributed by atoms with Crippen LogP contribution in [0.5, 0.6) is 0 Å². The zero-order valence-corrected chi connectivity index (χ0v) is 12.8. The fraction of sp³-hybridized carbons (Fsp3) is 0.312. The summed E-state index contributed by atoms with van der Waals surface area (Å²) in [5, 5.41) is 8.86. The van der Waals surface area contributed by atoms with Crippen molar-refractivity contribution in [3.05, 3.63) is 51.7 Å². The Bertz CT molecular complexity index is 607. The second-order valence-corrected chi connectivity index (χ2v) is 6.34. The molecule has 0 aliphatic rings. The maximum atomic E-state index is 8.86. The smallest absolute Gasteiger partial charge is 0.0991 e. The van der Waals surface area contributed by atoms with Crippen molar-refractivity contribution in [1.29, 1.82) is 5.26 Å². The number of hydrogen-bond donors (Lipinski definition) is 1. The highest BCUT2D eigenvalue weighted by molar-refractivity contribution is 7.12. The number of anilines is 1. The molecule has 0 radical (unpaired) electrons. The first-order valence-electron chi connectivity index (χ1n) is 6.58. The van der Waals surface area contributed by atoms with Crippen molar-refractivity contribution < 1.29 is 0 Å². The van der Waals surface area contributed by atoms with Gasteiger partial charge in [-0.3, -0.25) is 0 Å². The Morgan fingerprint density at radius 3 is 2.30 bits per heavy atom. The summed E-state index contributed by atoms with van der Waals surface area (Å²) >= 11 is 1.78. The van der Waals surface area contributed by atoms with Crippen LogP contribution in [0.4, 0.5) is 5.69 Å². The van der Waals surface area contributed by atoms with Gasteiger partial charge in [0.05, 0.1) is 17.7 Å². The van der Waals surface area contributed by atoms with Gasteiger partial charge in [0, 0.05) is 28.5 Å². The van der Waals surface area contributed by atoms with E-state index in [1.54, 1.807) is 11.3 Å². The van der Waals surface area contributed by atoms with E-state index in [1.165, 1.54) is 9.75 Å². The predicted molar refractivity (Wildman–Crippen MR) is 85.0 cm³/mol. The van der Waals surface area contributed by atoms with Crippen molar-refractivity contribution in [3.63, 3.8) is 0 Å². The van der Waals surface area contributed by atoms with Gasteiger partial charge in [-0.15, -0.1) is 11.3 Å². The minimum atomic E-state index is 0.0219. The summed E-state index contributed by atoms with van der Waals surface area (Å²) in [5.41, 5.74) is 7.92. The first-order valence-corrected chi connectivity index (χ1v) is 7.39. The van der Waals surface area contributed by atoms with Crippen molar-refractivity contribution in [1.82, 2.24) is 0 Å². The lowest BCUT2D eigenvalue weighted by molar-refractivity contribution is 0.566. The van der Waals surface area contributed by atoms with Gasteiger partial charge in [-0.25, -0.2) is 0 Å². The third kappa shape index (κ3) is 3.01. The summed E-state index contributed by atoms with van der Waals surface area (Å²) in [6.07, 6.45) is 0. The quantitative estimate of drug-likeness (QED) is 0.936. The van der Waals surface area contributed by atoms with Crippen molar-refractivity contribution >= 4 is 17.0 Å². The molecular formula is C16H19N3S. The van der Waals surface area contributed by atoms with Gasteiger partial charge in [-0.05, 0) is 50.2 Å². The van der Waals surface area contributed by atoms with Gasteiger partial charge >= 0.3 is 0 Å². The van der Waals surface area contributed by atoms with E-state index in [-0.39, 0.29) is 12.1 Å². The van der Waals surface area contributed by atoms with Crippen LogP contribution in [0, 0.1) is 18.3 Å². The van der Waals surface area contributed by atoms with Crippen LogP contribution in [0.1, 0.15) is 28.3 Å². The van der Waals surface area contributed by atoms with E-state index >= 15 is 0 Å². The Hall–Kier alpha value is -1.83. The zero-order chi connectivity index (χ0) is 14.7. The first kappa shape index (κ1) is 14.6. The van der Waals surface area contributed by atoms with E-state index in [2.05, 4.69) is 30.0 Å². The van der Waals surface area contributed by atoms with Crippen LogP contribution < -0.4 is 10.6 Å². The molecule has 4 heteroatoms. The molecule has 0 bridgehead atoms. The van der Waals surface area contributed by atoms with Gasteiger partial charge in [0.1, 0.15) is 0 Å². The number of nitriles is 1. The van der Waals surface area contributed by atoms with Crippen molar-refractivity contribution in [2.24, 2.45) is 5.73 Å². The van der Waals surface area contributed by atoms with E-state index in [0.717, 1.165) is 5.69 Å². The highest BCUT2D eigenvalue weighted by Gasteiger charge is 2.23. The minimum absolute atomic E-state index is 0.0219. The molecule has 1 aromatic heterocycles. The lowest BCUT2D eigenvalue weighted by atomic mass is 10.1. The highest BCUT2D eigenvalue weighted by atomic mass is 32.1. The van der Waals surface area contributed by atoms with Crippen LogP contribution in [-0.4, -0.2) is 13.1 Å². The van der Waals surface area contributed by atoms with Crippen LogP contribution in [0.2, 0.25) is 0 Å². The number of rotatable bonds is 4. The lowest BCUT2D eigenvalue weighted by Crippen LogP contribution is -2.36. The monoisotopic (exact) mass is 285 g/mol. The van der Waals surface area contributed by atoms with Crippen LogP contribution in [-0.2, 0) is 0 Å². The molecular weight excluding hydrogens is 266 g/mol. The van der Waals surface area contributed by atoms with Gasteiger partial charge < -0.3 is 10.6 Å². The predicted octanol–water partition coefficient (Wildman–Crippen LogP) is 3.45. The third-order valence-electron chi connectivity index (χ3n) is 3.37. The molecule has 1 aromatic carbocycles. The highest BCUT2D eigenvalue weighted by Crippen LogP contribution is 2.32. The van der Waals surface area contributed by atoms with E-state index in [1.807, 2.05) is 38.2 Å². The molecule has 2 unspecified atom stereocenters. The number of thiophene rings is 1. The maximum Gasteiger partial charge on any atom is 0.0991 e. The van der Waals surface area contributed by atoms with Crippen LogP contribution in [0.3, 0.4) is 0 Å². The summed E-state index contributed by atoms with van der Waals surface area (Å²) in [5.74, 6) is 0. The summed E-state index contributed by atoms with van der Waals surface area (Å²) in [6.45, 7) is 4.13. The summed E-state index contributed by atoms with van der Waals surface area (Å²) < 4.78 is 0. The average molecular weight is 285 g/mol. The molecule has 0 saturated heterocycles. The van der Waals surface area contributed by atoms with Crippen LogP contribution >= 0.6 is 11.3 Å². The SMILES string of the molecule is Cc1ccc(C(C(C)N)N(C)c2ccc(C#N)cc2)s1. The Morgan fingerprint density at radius 1 is 1.20 bits per heavy atom. The number of hydrogen-bond acceptors (Lipinski definition) is 4. The molecule has 2 atom stereocenters. The summed E-state index contributed by atoms with van der Waals surface area (Å²) in [7, 11) is 2.05. The van der Waals surface area contributed by atoms with Gasteiger partial charge in [-0.2, -0.15) is 5.26 Å². The van der Waals surface area contributed by atoms with Crippen molar-refractivity contribution in [3.8, 4) is 6.07 Å². The zero-order valence-electron chi connectivity index (χ0n) is 12.0.